The van der Waals surface area contributed by atoms with E-state index in [0.29, 0.717) is 11.4 Å². The third-order valence-corrected chi connectivity index (χ3v) is 3.49. The molecule has 0 spiro atoms. The van der Waals surface area contributed by atoms with E-state index >= 15 is 0 Å². The standard InChI is InChI=1S/C13H17ClN2O.ClH/c1-10-9-15-6-7-16(10)13(17)8-11-4-2-3-5-12(11)14;/h2-5,10,15H,6-9H2,1H3;1H/t10-;/m0./s1. The Balaban J connectivity index is 0.00000162. The lowest BCUT2D eigenvalue weighted by molar-refractivity contribution is -0.133. The normalized spacial score (nSPS) is 19.2. The molecule has 3 nitrogen and oxygen atoms in total. The van der Waals surface area contributed by atoms with E-state index in [0.717, 1.165) is 25.2 Å². The summed E-state index contributed by atoms with van der Waals surface area (Å²) in [6.45, 7) is 4.59. The SMILES string of the molecule is C[C@H]1CNCCN1C(=O)Cc1ccccc1Cl.Cl. The number of rotatable bonds is 2. The Labute approximate surface area is 119 Å². The Bertz CT molecular complexity index is 412. The van der Waals surface area contributed by atoms with E-state index in [-0.39, 0.29) is 24.4 Å². The van der Waals surface area contributed by atoms with Crippen molar-refractivity contribution >= 4 is 29.9 Å². The van der Waals surface area contributed by atoms with E-state index in [9.17, 15) is 4.79 Å². The average molecular weight is 289 g/mol. The van der Waals surface area contributed by atoms with Gasteiger partial charge in [-0.15, -0.1) is 12.4 Å². The lowest BCUT2D eigenvalue weighted by Crippen LogP contribution is -2.52. The number of halogens is 2. The third-order valence-electron chi connectivity index (χ3n) is 3.12. The molecule has 5 heteroatoms. The molecule has 100 valence electrons. The Morgan fingerprint density at radius 3 is 2.89 bits per heavy atom. The van der Waals surface area contributed by atoms with Crippen LogP contribution in [-0.2, 0) is 11.2 Å². The molecular formula is C13H18Cl2N2O. The summed E-state index contributed by atoms with van der Waals surface area (Å²) in [6.07, 6.45) is 0.393. The van der Waals surface area contributed by atoms with Gasteiger partial charge in [-0.05, 0) is 18.6 Å². The topological polar surface area (TPSA) is 32.3 Å². The Morgan fingerprint density at radius 1 is 1.50 bits per heavy atom. The molecule has 1 fully saturated rings. The van der Waals surface area contributed by atoms with Crippen LogP contribution in [0.1, 0.15) is 12.5 Å². The summed E-state index contributed by atoms with van der Waals surface area (Å²) in [7, 11) is 0. The summed E-state index contributed by atoms with van der Waals surface area (Å²) in [5, 5.41) is 3.94. The zero-order chi connectivity index (χ0) is 12.3. The first-order chi connectivity index (χ1) is 8.18. The maximum absolute atomic E-state index is 12.2. The van der Waals surface area contributed by atoms with Crippen molar-refractivity contribution in [1.29, 1.82) is 0 Å². The van der Waals surface area contributed by atoms with Crippen LogP contribution in [-0.4, -0.2) is 36.5 Å². The third kappa shape index (κ3) is 3.61. The molecule has 18 heavy (non-hydrogen) atoms. The summed E-state index contributed by atoms with van der Waals surface area (Å²) >= 11 is 6.06. The van der Waals surface area contributed by atoms with Crippen molar-refractivity contribution in [2.45, 2.75) is 19.4 Å². The largest absolute Gasteiger partial charge is 0.337 e. The van der Waals surface area contributed by atoms with Crippen LogP contribution in [0.4, 0.5) is 0 Å². The van der Waals surface area contributed by atoms with Crippen LogP contribution in [0.3, 0.4) is 0 Å². The first kappa shape index (κ1) is 15.3. The van der Waals surface area contributed by atoms with Crippen LogP contribution in [0, 0.1) is 0 Å². The molecule has 0 aliphatic carbocycles. The van der Waals surface area contributed by atoms with Crippen molar-refractivity contribution in [3.63, 3.8) is 0 Å². The van der Waals surface area contributed by atoms with Crippen molar-refractivity contribution in [2.24, 2.45) is 0 Å². The van der Waals surface area contributed by atoms with Crippen molar-refractivity contribution in [1.82, 2.24) is 10.2 Å². The smallest absolute Gasteiger partial charge is 0.227 e. The molecule has 0 bridgehead atoms. The highest BCUT2D eigenvalue weighted by Crippen LogP contribution is 2.17. The predicted octanol–water partition coefficient (Wildman–Crippen LogP) is 2.12. The Kier molecular flexibility index (Phi) is 5.93. The number of carbonyl (C=O) groups is 1. The summed E-state index contributed by atoms with van der Waals surface area (Å²) in [4.78, 5) is 14.1. The quantitative estimate of drug-likeness (QED) is 0.904. The number of hydrogen-bond donors (Lipinski definition) is 1. The monoisotopic (exact) mass is 288 g/mol. The lowest BCUT2D eigenvalue weighted by atomic mass is 10.1. The summed E-state index contributed by atoms with van der Waals surface area (Å²) in [5.41, 5.74) is 0.907. The minimum atomic E-state index is 0. The minimum Gasteiger partial charge on any atom is -0.337 e. The number of nitrogens with one attached hydrogen (secondary N) is 1. The van der Waals surface area contributed by atoms with Crippen LogP contribution in [0.15, 0.2) is 24.3 Å². The van der Waals surface area contributed by atoms with Gasteiger partial charge in [-0.3, -0.25) is 4.79 Å². The molecule has 2 rings (SSSR count). The number of carbonyl (C=O) groups excluding carboxylic acids is 1. The second kappa shape index (κ2) is 6.98. The molecule has 1 heterocycles. The van der Waals surface area contributed by atoms with Gasteiger partial charge in [0.1, 0.15) is 0 Å². The second-order valence-corrected chi connectivity index (χ2v) is 4.82. The molecule has 1 N–H and O–H groups in total. The van der Waals surface area contributed by atoms with E-state index < -0.39 is 0 Å². The van der Waals surface area contributed by atoms with E-state index in [1.54, 1.807) is 0 Å². The predicted molar refractivity (Wildman–Crippen MR) is 76.4 cm³/mol. The fourth-order valence-electron chi connectivity index (χ4n) is 2.12. The van der Waals surface area contributed by atoms with E-state index in [2.05, 4.69) is 12.2 Å². The van der Waals surface area contributed by atoms with Crippen molar-refractivity contribution in [3.8, 4) is 0 Å². The molecule has 1 saturated heterocycles. The molecule has 0 saturated carbocycles. The molecule has 0 unspecified atom stereocenters. The van der Waals surface area contributed by atoms with Gasteiger partial charge >= 0.3 is 0 Å². The first-order valence-electron chi connectivity index (χ1n) is 5.92. The zero-order valence-electron chi connectivity index (χ0n) is 10.4. The van der Waals surface area contributed by atoms with Crippen LogP contribution >= 0.6 is 24.0 Å². The van der Waals surface area contributed by atoms with Crippen molar-refractivity contribution in [2.75, 3.05) is 19.6 Å². The van der Waals surface area contributed by atoms with Crippen LogP contribution < -0.4 is 5.32 Å². The van der Waals surface area contributed by atoms with Gasteiger partial charge < -0.3 is 10.2 Å². The Morgan fingerprint density at radius 2 is 2.22 bits per heavy atom. The number of benzene rings is 1. The molecule has 0 aromatic heterocycles. The molecule has 1 aromatic carbocycles. The number of hydrogen-bond acceptors (Lipinski definition) is 2. The summed E-state index contributed by atoms with van der Waals surface area (Å²) in [6, 6.07) is 7.79. The van der Waals surface area contributed by atoms with Crippen molar-refractivity contribution < 1.29 is 4.79 Å². The molecule has 1 aliphatic rings. The molecule has 1 aromatic rings. The van der Waals surface area contributed by atoms with Gasteiger partial charge in [0, 0.05) is 30.7 Å². The van der Waals surface area contributed by atoms with Gasteiger partial charge in [0.25, 0.3) is 0 Å². The number of nitrogens with zero attached hydrogens (tertiary/aromatic N) is 1. The highest BCUT2D eigenvalue weighted by molar-refractivity contribution is 6.31. The number of piperazine rings is 1. The van der Waals surface area contributed by atoms with Crippen LogP contribution in [0.25, 0.3) is 0 Å². The maximum Gasteiger partial charge on any atom is 0.227 e. The lowest BCUT2D eigenvalue weighted by Gasteiger charge is -2.34. The molecular weight excluding hydrogens is 271 g/mol. The van der Waals surface area contributed by atoms with Gasteiger partial charge in [-0.1, -0.05) is 29.8 Å². The maximum atomic E-state index is 12.2. The fraction of sp³-hybridized carbons (Fsp3) is 0.462. The van der Waals surface area contributed by atoms with Gasteiger partial charge in [0.15, 0.2) is 0 Å². The van der Waals surface area contributed by atoms with Crippen LogP contribution in [0.2, 0.25) is 5.02 Å². The van der Waals surface area contributed by atoms with Gasteiger partial charge in [0.2, 0.25) is 5.91 Å². The van der Waals surface area contributed by atoms with E-state index in [1.165, 1.54) is 0 Å². The van der Waals surface area contributed by atoms with Gasteiger partial charge in [0.05, 0.1) is 6.42 Å². The fourth-order valence-corrected chi connectivity index (χ4v) is 2.32. The van der Waals surface area contributed by atoms with Crippen molar-refractivity contribution in [3.05, 3.63) is 34.9 Å². The first-order valence-corrected chi connectivity index (χ1v) is 6.30. The van der Waals surface area contributed by atoms with E-state index in [4.69, 9.17) is 11.6 Å². The van der Waals surface area contributed by atoms with Gasteiger partial charge in [-0.2, -0.15) is 0 Å². The minimum absolute atomic E-state index is 0. The Hall–Kier alpha value is -0.770. The molecule has 1 aliphatic heterocycles. The second-order valence-electron chi connectivity index (χ2n) is 4.41. The average Bonchev–Trinajstić information content (AvgIpc) is 2.32. The summed E-state index contributed by atoms with van der Waals surface area (Å²) in [5.74, 6) is 0.159. The number of amides is 1. The highest BCUT2D eigenvalue weighted by atomic mass is 35.5. The summed E-state index contributed by atoms with van der Waals surface area (Å²) < 4.78 is 0. The highest BCUT2D eigenvalue weighted by Gasteiger charge is 2.23. The van der Waals surface area contributed by atoms with E-state index in [1.807, 2.05) is 29.2 Å². The molecule has 0 radical (unpaired) electrons. The zero-order valence-corrected chi connectivity index (χ0v) is 11.9. The van der Waals surface area contributed by atoms with Crippen LogP contribution in [0.5, 0.6) is 0 Å². The van der Waals surface area contributed by atoms with Gasteiger partial charge in [-0.25, -0.2) is 0 Å². The molecule has 1 amide bonds. The molecule has 1 atom stereocenters.